The molecule has 29 heavy (non-hydrogen) atoms. The first-order valence-electron chi connectivity index (χ1n) is 8.60. The highest BCUT2D eigenvalue weighted by atomic mass is 32.1. The summed E-state index contributed by atoms with van der Waals surface area (Å²) in [5, 5.41) is 8.54. The zero-order valence-electron chi connectivity index (χ0n) is 14.9. The number of benzene rings is 2. The Morgan fingerprint density at radius 3 is 2.59 bits per heavy atom. The van der Waals surface area contributed by atoms with E-state index in [0.717, 1.165) is 15.9 Å². The minimum Gasteiger partial charge on any atom is -0.297 e. The lowest BCUT2D eigenvalue weighted by Crippen LogP contribution is -2.09. The third kappa shape index (κ3) is 3.18. The van der Waals surface area contributed by atoms with Crippen molar-refractivity contribution >= 4 is 54.1 Å². The van der Waals surface area contributed by atoms with Crippen LogP contribution >= 0.6 is 22.7 Å². The number of aromatic nitrogens is 3. The zero-order chi connectivity index (χ0) is 20.1. The van der Waals surface area contributed by atoms with Gasteiger partial charge in [0.15, 0.2) is 5.13 Å². The predicted octanol–water partition coefficient (Wildman–Crippen LogP) is 5.54. The van der Waals surface area contributed by atoms with Gasteiger partial charge in [-0.3, -0.25) is 10.1 Å². The summed E-state index contributed by atoms with van der Waals surface area (Å²) >= 11 is 2.51. The van der Waals surface area contributed by atoms with Crippen LogP contribution in [-0.2, 0) is 0 Å². The second kappa shape index (κ2) is 6.71. The third-order valence-corrected chi connectivity index (χ3v) is 6.45. The predicted molar refractivity (Wildman–Crippen MR) is 111 cm³/mol. The van der Waals surface area contributed by atoms with E-state index in [2.05, 4.69) is 15.4 Å². The second-order valence-corrected chi connectivity index (χ2v) is 8.45. The maximum absolute atomic E-state index is 13.4. The summed E-state index contributed by atoms with van der Waals surface area (Å²) in [6.07, 6.45) is 0. The Hall–Kier alpha value is -3.17. The molecule has 2 aromatic carbocycles. The van der Waals surface area contributed by atoms with E-state index in [1.54, 1.807) is 28.9 Å². The Balaban J connectivity index is 1.48. The van der Waals surface area contributed by atoms with Crippen LogP contribution in [0.25, 0.3) is 26.1 Å². The van der Waals surface area contributed by atoms with Gasteiger partial charge < -0.3 is 0 Å². The lowest BCUT2D eigenvalue weighted by molar-refractivity contribution is 0.103. The number of thiazole rings is 1. The summed E-state index contributed by atoms with van der Waals surface area (Å²) in [6, 6.07) is 12.1. The monoisotopic (exact) mass is 426 g/mol. The summed E-state index contributed by atoms with van der Waals surface area (Å²) in [5.41, 5.74) is 2.12. The summed E-state index contributed by atoms with van der Waals surface area (Å²) in [5.74, 6) is -0.962. The average Bonchev–Trinajstić information content (AvgIpc) is 3.37. The van der Waals surface area contributed by atoms with Crippen LogP contribution in [0.1, 0.15) is 15.4 Å². The van der Waals surface area contributed by atoms with Gasteiger partial charge in [-0.1, -0.05) is 11.3 Å². The highest BCUT2D eigenvalue weighted by Crippen LogP contribution is 2.32. The Morgan fingerprint density at radius 2 is 1.79 bits per heavy atom. The fraction of sp³-hybridized carbons (Fsp3) is 0.0500. The summed E-state index contributed by atoms with van der Waals surface area (Å²) in [7, 11) is 0. The second-order valence-electron chi connectivity index (χ2n) is 6.39. The van der Waals surface area contributed by atoms with Crippen LogP contribution in [0.3, 0.4) is 0 Å². The van der Waals surface area contributed by atoms with Gasteiger partial charge in [0.2, 0.25) is 0 Å². The van der Waals surface area contributed by atoms with Gasteiger partial charge in [-0.2, -0.15) is 5.10 Å². The molecule has 5 aromatic rings. The largest absolute Gasteiger partial charge is 0.297 e. The molecule has 3 aromatic heterocycles. The van der Waals surface area contributed by atoms with Crippen molar-refractivity contribution in [1.82, 2.24) is 14.8 Å². The van der Waals surface area contributed by atoms with Gasteiger partial charge in [-0.25, -0.2) is 18.4 Å². The molecule has 0 aliphatic heterocycles. The molecule has 0 saturated carbocycles. The van der Waals surface area contributed by atoms with Crippen molar-refractivity contribution in [3.63, 3.8) is 0 Å². The van der Waals surface area contributed by atoms with Crippen molar-refractivity contribution in [2.24, 2.45) is 0 Å². The Labute approximate surface area is 171 Å². The van der Waals surface area contributed by atoms with Crippen LogP contribution in [-0.4, -0.2) is 20.7 Å². The SMILES string of the molecule is Cc1nn(-c2ccc(F)cc2)c2sc(C(=O)Nc3nc4ccc(F)cc4s3)cc12. The van der Waals surface area contributed by atoms with E-state index >= 15 is 0 Å². The highest BCUT2D eigenvalue weighted by Gasteiger charge is 2.18. The van der Waals surface area contributed by atoms with E-state index in [-0.39, 0.29) is 17.5 Å². The van der Waals surface area contributed by atoms with Crippen molar-refractivity contribution in [1.29, 1.82) is 0 Å². The molecule has 0 atom stereocenters. The van der Waals surface area contributed by atoms with E-state index in [1.807, 2.05) is 6.92 Å². The molecule has 0 bridgehead atoms. The van der Waals surface area contributed by atoms with Crippen molar-refractivity contribution in [3.8, 4) is 5.69 Å². The molecule has 1 amide bonds. The van der Waals surface area contributed by atoms with Crippen LogP contribution in [0.5, 0.6) is 0 Å². The fourth-order valence-corrected chi connectivity index (χ4v) is 4.99. The number of carbonyl (C=O) groups excluding carboxylic acids is 1. The zero-order valence-corrected chi connectivity index (χ0v) is 16.6. The number of aryl methyl sites for hydroxylation is 1. The molecule has 1 N–H and O–H groups in total. The van der Waals surface area contributed by atoms with E-state index in [0.29, 0.717) is 25.9 Å². The number of hydrogen-bond donors (Lipinski definition) is 1. The molecule has 0 radical (unpaired) electrons. The standard InChI is InChI=1S/C20H12F2N4OS2/c1-10-14-9-17(28-19(14)26(25-10)13-5-2-11(21)3-6-13)18(27)24-20-23-15-7-4-12(22)8-16(15)29-20/h2-9H,1H3,(H,23,24,27). The molecule has 0 unspecified atom stereocenters. The number of halogens is 2. The van der Waals surface area contributed by atoms with Gasteiger partial charge in [0.25, 0.3) is 5.91 Å². The van der Waals surface area contributed by atoms with E-state index in [1.165, 1.54) is 46.9 Å². The molecule has 0 spiro atoms. The minimum absolute atomic E-state index is 0.296. The molecule has 5 rings (SSSR count). The van der Waals surface area contributed by atoms with Gasteiger partial charge in [-0.15, -0.1) is 11.3 Å². The summed E-state index contributed by atoms with van der Waals surface area (Å²) in [6.45, 7) is 1.86. The number of hydrogen-bond acceptors (Lipinski definition) is 5. The smallest absolute Gasteiger partial charge is 0.267 e. The van der Waals surface area contributed by atoms with Gasteiger partial charge in [-0.05, 0) is 55.5 Å². The molecule has 0 aliphatic rings. The number of nitrogens with zero attached hydrogens (tertiary/aromatic N) is 3. The van der Waals surface area contributed by atoms with Crippen molar-refractivity contribution in [2.75, 3.05) is 5.32 Å². The Morgan fingerprint density at radius 1 is 1.03 bits per heavy atom. The van der Waals surface area contributed by atoms with Crippen LogP contribution in [0.2, 0.25) is 0 Å². The van der Waals surface area contributed by atoms with E-state index in [4.69, 9.17) is 0 Å². The van der Waals surface area contributed by atoms with Crippen LogP contribution in [0.4, 0.5) is 13.9 Å². The Kier molecular flexibility index (Phi) is 4.14. The summed E-state index contributed by atoms with van der Waals surface area (Å²) < 4.78 is 29.0. The first-order chi connectivity index (χ1) is 14.0. The molecule has 3 heterocycles. The number of thiophene rings is 1. The number of rotatable bonds is 3. The topological polar surface area (TPSA) is 59.8 Å². The normalized spacial score (nSPS) is 11.4. The lowest BCUT2D eigenvalue weighted by Gasteiger charge is -2.02. The molecule has 5 nitrogen and oxygen atoms in total. The average molecular weight is 426 g/mol. The number of carbonyl (C=O) groups is 1. The molecule has 0 fully saturated rings. The Bertz CT molecular complexity index is 1390. The summed E-state index contributed by atoms with van der Waals surface area (Å²) in [4.78, 5) is 18.4. The van der Waals surface area contributed by atoms with Crippen molar-refractivity contribution in [3.05, 3.63) is 70.7 Å². The van der Waals surface area contributed by atoms with Crippen molar-refractivity contribution in [2.45, 2.75) is 6.92 Å². The fourth-order valence-electron chi connectivity index (χ4n) is 3.03. The van der Waals surface area contributed by atoms with Crippen LogP contribution < -0.4 is 5.32 Å². The van der Waals surface area contributed by atoms with Gasteiger partial charge >= 0.3 is 0 Å². The minimum atomic E-state index is -0.343. The maximum Gasteiger partial charge on any atom is 0.267 e. The van der Waals surface area contributed by atoms with Gasteiger partial charge in [0.1, 0.15) is 16.5 Å². The maximum atomic E-state index is 13.4. The number of anilines is 1. The third-order valence-electron chi connectivity index (χ3n) is 4.41. The number of nitrogens with one attached hydrogen (secondary N) is 1. The van der Waals surface area contributed by atoms with Gasteiger partial charge in [0.05, 0.1) is 26.5 Å². The van der Waals surface area contributed by atoms with Gasteiger partial charge in [0, 0.05) is 5.39 Å². The molecular weight excluding hydrogens is 414 g/mol. The molecule has 0 aliphatic carbocycles. The highest BCUT2D eigenvalue weighted by molar-refractivity contribution is 7.23. The lowest BCUT2D eigenvalue weighted by atomic mass is 10.3. The number of fused-ring (bicyclic) bond motifs is 2. The molecular formula is C20H12F2N4OS2. The first-order valence-corrected chi connectivity index (χ1v) is 10.2. The van der Waals surface area contributed by atoms with Crippen LogP contribution in [0.15, 0.2) is 48.5 Å². The first kappa shape index (κ1) is 17.9. The molecule has 144 valence electrons. The molecule has 9 heteroatoms. The van der Waals surface area contributed by atoms with Crippen LogP contribution in [0, 0.1) is 18.6 Å². The van der Waals surface area contributed by atoms with Crippen molar-refractivity contribution < 1.29 is 13.6 Å². The van der Waals surface area contributed by atoms with E-state index in [9.17, 15) is 13.6 Å². The molecule has 0 saturated heterocycles. The quantitative estimate of drug-likeness (QED) is 0.412. The number of amides is 1. The van der Waals surface area contributed by atoms with E-state index < -0.39 is 0 Å².